The van der Waals surface area contributed by atoms with E-state index in [0.29, 0.717) is 23.5 Å². The Labute approximate surface area is 69.2 Å². The van der Waals surface area contributed by atoms with Crippen molar-refractivity contribution in [3.8, 4) is 0 Å². The first-order valence-corrected chi connectivity index (χ1v) is 4.64. The fourth-order valence-corrected chi connectivity index (χ4v) is 1.76. The molecule has 64 valence electrons. The summed E-state index contributed by atoms with van der Waals surface area (Å²) in [5.41, 5.74) is 0. The number of Topliss-reactive ketones (excluding diaryl/α,β-unsaturated/α-hetero) is 1. The van der Waals surface area contributed by atoms with E-state index in [4.69, 9.17) is 0 Å². The zero-order valence-corrected chi connectivity index (χ0v) is 7.76. The van der Waals surface area contributed by atoms with E-state index in [0.717, 1.165) is 12.8 Å². The Balaban J connectivity index is 2.46. The normalized spacial score (nSPS) is 32.9. The molecular weight excluding hydrogens is 136 g/mol. The predicted molar refractivity (Wildman–Crippen MR) is 46.4 cm³/mol. The summed E-state index contributed by atoms with van der Waals surface area (Å²) in [5.74, 6) is 2.17. The van der Waals surface area contributed by atoms with Gasteiger partial charge in [0, 0.05) is 12.3 Å². The lowest BCUT2D eigenvalue weighted by molar-refractivity contribution is -0.125. The maximum atomic E-state index is 11.3. The second kappa shape index (κ2) is 3.38. The third-order valence-corrected chi connectivity index (χ3v) is 2.93. The molecule has 0 radical (unpaired) electrons. The Morgan fingerprint density at radius 2 is 2.00 bits per heavy atom. The molecule has 1 saturated carbocycles. The lowest BCUT2D eigenvalue weighted by atomic mass is 9.77. The minimum Gasteiger partial charge on any atom is -0.299 e. The van der Waals surface area contributed by atoms with Crippen molar-refractivity contribution in [2.45, 2.75) is 40.0 Å². The molecule has 1 nitrogen and oxygen atoms in total. The lowest BCUT2D eigenvalue weighted by Crippen LogP contribution is -2.25. The van der Waals surface area contributed by atoms with Gasteiger partial charge in [-0.05, 0) is 24.7 Å². The zero-order chi connectivity index (χ0) is 8.43. The van der Waals surface area contributed by atoms with Gasteiger partial charge >= 0.3 is 0 Å². The van der Waals surface area contributed by atoms with E-state index >= 15 is 0 Å². The van der Waals surface area contributed by atoms with Crippen LogP contribution in [-0.2, 0) is 4.79 Å². The van der Waals surface area contributed by atoms with Crippen LogP contribution in [0.3, 0.4) is 0 Å². The van der Waals surface area contributed by atoms with Gasteiger partial charge < -0.3 is 0 Å². The van der Waals surface area contributed by atoms with Gasteiger partial charge in [-0.25, -0.2) is 0 Å². The molecule has 0 aromatic carbocycles. The Hall–Kier alpha value is -0.330. The van der Waals surface area contributed by atoms with Crippen LogP contribution in [0.5, 0.6) is 0 Å². The van der Waals surface area contributed by atoms with E-state index in [-0.39, 0.29) is 0 Å². The summed E-state index contributed by atoms with van der Waals surface area (Å²) in [6, 6.07) is 0. The Morgan fingerprint density at radius 1 is 1.36 bits per heavy atom. The van der Waals surface area contributed by atoms with Crippen LogP contribution in [0.1, 0.15) is 40.0 Å². The van der Waals surface area contributed by atoms with Crippen molar-refractivity contribution in [1.29, 1.82) is 0 Å². The minimum atomic E-state index is 0.338. The van der Waals surface area contributed by atoms with Crippen molar-refractivity contribution in [2.24, 2.45) is 17.8 Å². The number of ketones is 1. The Morgan fingerprint density at radius 3 is 2.45 bits per heavy atom. The maximum absolute atomic E-state index is 11.3. The summed E-state index contributed by atoms with van der Waals surface area (Å²) in [6.45, 7) is 6.49. The molecule has 0 heterocycles. The van der Waals surface area contributed by atoms with Crippen LogP contribution in [0.15, 0.2) is 0 Å². The fraction of sp³-hybridized carbons (Fsp3) is 0.900. The van der Waals surface area contributed by atoms with E-state index in [9.17, 15) is 4.79 Å². The number of rotatable bonds is 1. The van der Waals surface area contributed by atoms with Gasteiger partial charge in [0.25, 0.3) is 0 Å². The monoisotopic (exact) mass is 154 g/mol. The average Bonchev–Trinajstić information content (AvgIpc) is 1.94. The van der Waals surface area contributed by atoms with Gasteiger partial charge in [0.05, 0.1) is 0 Å². The standard InChI is InChI=1S/C10H18O/c1-7(2)9-5-4-8(3)10(11)6-9/h7-9H,4-6H2,1-3H3/t8-,9-/m0/s1. The smallest absolute Gasteiger partial charge is 0.135 e. The molecule has 0 aromatic rings. The highest BCUT2D eigenvalue weighted by Gasteiger charge is 2.26. The van der Waals surface area contributed by atoms with Crippen molar-refractivity contribution in [1.82, 2.24) is 0 Å². The quantitative estimate of drug-likeness (QED) is 0.567. The van der Waals surface area contributed by atoms with E-state index < -0.39 is 0 Å². The largest absolute Gasteiger partial charge is 0.299 e. The number of hydrogen-bond donors (Lipinski definition) is 0. The molecule has 0 aromatic heterocycles. The minimum absolute atomic E-state index is 0.338. The van der Waals surface area contributed by atoms with Gasteiger partial charge in [-0.2, -0.15) is 0 Å². The second-order valence-electron chi connectivity index (χ2n) is 4.15. The van der Waals surface area contributed by atoms with Gasteiger partial charge in [-0.3, -0.25) is 4.79 Å². The number of carbonyl (C=O) groups is 1. The van der Waals surface area contributed by atoms with Gasteiger partial charge in [0.2, 0.25) is 0 Å². The van der Waals surface area contributed by atoms with Crippen LogP contribution in [0.4, 0.5) is 0 Å². The summed E-state index contributed by atoms with van der Waals surface area (Å²) >= 11 is 0. The first-order valence-electron chi connectivity index (χ1n) is 4.64. The molecular formula is C10H18O. The molecule has 0 unspecified atom stereocenters. The van der Waals surface area contributed by atoms with E-state index in [2.05, 4.69) is 20.8 Å². The van der Waals surface area contributed by atoms with Crippen LogP contribution in [-0.4, -0.2) is 5.78 Å². The summed E-state index contributed by atoms with van der Waals surface area (Å²) in [4.78, 5) is 11.3. The predicted octanol–water partition coefficient (Wildman–Crippen LogP) is 2.65. The maximum Gasteiger partial charge on any atom is 0.135 e. The molecule has 1 fully saturated rings. The molecule has 0 N–H and O–H groups in total. The molecule has 0 aliphatic heterocycles. The summed E-state index contributed by atoms with van der Waals surface area (Å²) in [7, 11) is 0. The first-order chi connectivity index (χ1) is 5.11. The lowest BCUT2D eigenvalue weighted by Gasteiger charge is -2.27. The summed E-state index contributed by atoms with van der Waals surface area (Å²) in [5, 5.41) is 0. The number of carbonyl (C=O) groups excluding carboxylic acids is 1. The highest BCUT2D eigenvalue weighted by Crippen LogP contribution is 2.30. The molecule has 1 heteroatoms. The van der Waals surface area contributed by atoms with Crippen LogP contribution >= 0.6 is 0 Å². The summed E-state index contributed by atoms with van der Waals surface area (Å²) in [6.07, 6.45) is 3.20. The molecule has 1 aliphatic rings. The SMILES string of the molecule is CC(C)[C@H]1CC[C@H](C)C(=O)C1. The molecule has 0 bridgehead atoms. The molecule has 2 atom stereocenters. The van der Waals surface area contributed by atoms with Gasteiger partial charge in [0.1, 0.15) is 5.78 Å². The van der Waals surface area contributed by atoms with Crippen molar-refractivity contribution in [2.75, 3.05) is 0 Å². The van der Waals surface area contributed by atoms with Crippen molar-refractivity contribution >= 4 is 5.78 Å². The van der Waals surface area contributed by atoms with Gasteiger partial charge in [0.15, 0.2) is 0 Å². The third-order valence-electron chi connectivity index (χ3n) is 2.93. The van der Waals surface area contributed by atoms with Crippen LogP contribution < -0.4 is 0 Å². The summed E-state index contributed by atoms with van der Waals surface area (Å²) < 4.78 is 0. The average molecular weight is 154 g/mol. The second-order valence-corrected chi connectivity index (χ2v) is 4.15. The van der Waals surface area contributed by atoms with Crippen molar-refractivity contribution < 1.29 is 4.79 Å². The Kier molecular flexibility index (Phi) is 2.69. The van der Waals surface area contributed by atoms with E-state index in [1.807, 2.05) is 0 Å². The highest BCUT2D eigenvalue weighted by molar-refractivity contribution is 5.81. The van der Waals surface area contributed by atoms with Crippen molar-refractivity contribution in [3.63, 3.8) is 0 Å². The molecule has 1 aliphatic carbocycles. The van der Waals surface area contributed by atoms with Crippen LogP contribution in [0.25, 0.3) is 0 Å². The molecule has 0 saturated heterocycles. The highest BCUT2D eigenvalue weighted by atomic mass is 16.1. The van der Waals surface area contributed by atoms with Crippen LogP contribution in [0, 0.1) is 17.8 Å². The van der Waals surface area contributed by atoms with Gasteiger partial charge in [-0.1, -0.05) is 20.8 Å². The molecule has 0 amide bonds. The van der Waals surface area contributed by atoms with Gasteiger partial charge in [-0.15, -0.1) is 0 Å². The van der Waals surface area contributed by atoms with Crippen molar-refractivity contribution in [3.05, 3.63) is 0 Å². The molecule has 11 heavy (non-hydrogen) atoms. The third kappa shape index (κ3) is 2.05. The molecule has 0 spiro atoms. The number of hydrogen-bond acceptors (Lipinski definition) is 1. The molecule has 1 rings (SSSR count). The first kappa shape index (κ1) is 8.76. The van der Waals surface area contributed by atoms with E-state index in [1.165, 1.54) is 6.42 Å². The topological polar surface area (TPSA) is 17.1 Å². The fourth-order valence-electron chi connectivity index (χ4n) is 1.76. The van der Waals surface area contributed by atoms with E-state index in [1.54, 1.807) is 0 Å². The zero-order valence-electron chi connectivity index (χ0n) is 7.76. The van der Waals surface area contributed by atoms with Crippen LogP contribution in [0.2, 0.25) is 0 Å². The Bertz CT molecular complexity index is 149.